The first-order valence-electron chi connectivity index (χ1n) is 5.67. The predicted molar refractivity (Wildman–Crippen MR) is 69.7 cm³/mol. The van der Waals surface area contributed by atoms with Crippen LogP contribution in [0.3, 0.4) is 0 Å². The van der Waals surface area contributed by atoms with E-state index in [4.69, 9.17) is 5.11 Å². The van der Waals surface area contributed by atoms with Crippen molar-refractivity contribution in [3.8, 4) is 0 Å². The van der Waals surface area contributed by atoms with E-state index in [1.54, 1.807) is 24.4 Å². The smallest absolute Gasteiger partial charge is 0.335 e. The minimum Gasteiger partial charge on any atom is -0.478 e. The van der Waals surface area contributed by atoms with Gasteiger partial charge in [0.1, 0.15) is 0 Å². The number of nitrogens with zero attached hydrogens (tertiary/aromatic N) is 1. The van der Waals surface area contributed by atoms with Crippen LogP contribution in [0.1, 0.15) is 29.0 Å². The van der Waals surface area contributed by atoms with Crippen LogP contribution in [-0.2, 0) is 0 Å². The van der Waals surface area contributed by atoms with Crippen molar-refractivity contribution in [1.29, 1.82) is 0 Å². The SMILES string of the molecule is CC(Nc1cccc(C(=O)O)c1)c1ccccn1. The number of aromatic nitrogens is 1. The molecule has 18 heavy (non-hydrogen) atoms. The second-order valence-corrected chi connectivity index (χ2v) is 4.01. The maximum Gasteiger partial charge on any atom is 0.335 e. The van der Waals surface area contributed by atoms with Crippen molar-refractivity contribution in [2.75, 3.05) is 5.32 Å². The predicted octanol–water partition coefficient (Wildman–Crippen LogP) is 2.95. The minimum absolute atomic E-state index is 0.0234. The average Bonchev–Trinajstić information content (AvgIpc) is 2.40. The number of rotatable bonds is 4. The maximum absolute atomic E-state index is 10.9. The summed E-state index contributed by atoms with van der Waals surface area (Å²) in [7, 11) is 0. The van der Waals surface area contributed by atoms with Gasteiger partial charge < -0.3 is 10.4 Å². The Morgan fingerprint density at radius 3 is 2.78 bits per heavy atom. The quantitative estimate of drug-likeness (QED) is 0.865. The minimum atomic E-state index is -0.927. The molecule has 1 aromatic carbocycles. The van der Waals surface area contributed by atoms with E-state index < -0.39 is 5.97 Å². The Hall–Kier alpha value is -2.36. The lowest BCUT2D eigenvalue weighted by Gasteiger charge is -2.14. The average molecular weight is 242 g/mol. The summed E-state index contributed by atoms with van der Waals surface area (Å²) in [5.74, 6) is -0.927. The van der Waals surface area contributed by atoms with Gasteiger partial charge in [-0.1, -0.05) is 12.1 Å². The van der Waals surface area contributed by atoms with Crippen LogP contribution >= 0.6 is 0 Å². The molecule has 1 atom stereocenters. The summed E-state index contributed by atoms with van der Waals surface area (Å²) in [4.78, 5) is 15.1. The molecule has 0 aliphatic heterocycles. The molecular formula is C14H14N2O2. The highest BCUT2D eigenvalue weighted by atomic mass is 16.4. The van der Waals surface area contributed by atoms with E-state index >= 15 is 0 Å². The van der Waals surface area contributed by atoms with Crippen molar-refractivity contribution in [3.05, 3.63) is 59.9 Å². The van der Waals surface area contributed by atoms with Crippen LogP contribution in [-0.4, -0.2) is 16.1 Å². The Morgan fingerprint density at radius 1 is 1.28 bits per heavy atom. The zero-order valence-electron chi connectivity index (χ0n) is 10.00. The van der Waals surface area contributed by atoms with Gasteiger partial charge in [0.25, 0.3) is 0 Å². The molecule has 0 aliphatic rings. The lowest BCUT2D eigenvalue weighted by atomic mass is 10.1. The molecule has 0 bridgehead atoms. The molecule has 0 spiro atoms. The molecule has 0 saturated carbocycles. The zero-order valence-corrected chi connectivity index (χ0v) is 10.00. The monoisotopic (exact) mass is 242 g/mol. The highest BCUT2D eigenvalue weighted by Crippen LogP contribution is 2.18. The maximum atomic E-state index is 10.9. The second-order valence-electron chi connectivity index (χ2n) is 4.01. The van der Waals surface area contributed by atoms with E-state index in [1.165, 1.54) is 0 Å². The van der Waals surface area contributed by atoms with Crippen molar-refractivity contribution in [2.24, 2.45) is 0 Å². The number of carboxylic acids is 1. The van der Waals surface area contributed by atoms with Crippen LogP contribution in [0.25, 0.3) is 0 Å². The number of carbonyl (C=O) groups is 1. The third kappa shape index (κ3) is 2.85. The summed E-state index contributed by atoms with van der Waals surface area (Å²) in [5.41, 5.74) is 1.96. The summed E-state index contributed by atoms with van der Waals surface area (Å²) < 4.78 is 0. The molecule has 4 heteroatoms. The molecule has 2 aromatic rings. The highest BCUT2D eigenvalue weighted by molar-refractivity contribution is 5.88. The molecule has 2 rings (SSSR count). The van der Waals surface area contributed by atoms with Gasteiger partial charge in [-0.2, -0.15) is 0 Å². The summed E-state index contributed by atoms with van der Waals surface area (Å²) >= 11 is 0. The van der Waals surface area contributed by atoms with Gasteiger partial charge >= 0.3 is 5.97 Å². The van der Waals surface area contributed by atoms with Gasteiger partial charge in [-0.05, 0) is 37.3 Å². The van der Waals surface area contributed by atoms with Crippen LogP contribution in [0.2, 0.25) is 0 Å². The number of hydrogen-bond acceptors (Lipinski definition) is 3. The first-order valence-corrected chi connectivity index (χ1v) is 5.67. The van der Waals surface area contributed by atoms with Gasteiger partial charge in [-0.15, -0.1) is 0 Å². The summed E-state index contributed by atoms with van der Waals surface area (Å²) in [6.45, 7) is 1.98. The number of aromatic carboxylic acids is 1. The van der Waals surface area contributed by atoms with Gasteiger partial charge in [0.15, 0.2) is 0 Å². The molecule has 0 radical (unpaired) electrons. The number of pyridine rings is 1. The van der Waals surface area contributed by atoms with Crippen LogP contribution in [0.5, 0.6) is 0 Å². The number of hydrogen-bond donors (Lipinski definition) is 2. The van der Waals surface area contributed by atoms with E-state index in [-0.39, 0.29) is 11.6 Å². The van der Waals surface area contributed by atoms with Crippen LogP contribution in [0.15, 0.2) is 48.7 Å². The Morgan fingerprint density at radius 2 is 2.11 bits per heavy atom. The zero-order chi connectivity index (χ0) is 13.0. The van der Waals surface area contributed by atoms with E-state index in [0.717, 1.165) is 11.4 Å². The van der Waals surface area contributed by atoms with Crippen molar-refractivity contribution < 1.29 is 9.90 Å². The molecule has 0 amide bonds. The van der Waals surface area contributed by atoms with E-state index in [1.807, 2.05) is 31.2 Å². The third-order valence-electron chi connectivity index (χ3n) is 2.62. The Bertz CT molecular complexity index is 541. The van der Waals surface area contributed by atoms with Gasteiger partial charge in [0.2, 0.25) is 0 Å². The number of nitrogens with one attached hydrogen (secondary N) is 1. The molecular weight excluding hydrogens is 228 g/mol. The van der Waals surface area contributed by atoms with Crippen molar-refractivity contribution >= 4 is 11.7 Å². The molecule has 0 saturated heterocycles. The molecule has 1 heterocycles. The first-order chi connectivity index (χ1) is 8.66. The van der Waals surface area contributed by atoms with Crippen molar-refractivity contribution in [2.45, 2.75) is 13.0 Å². The standard InChI is InChI=1S/C14H14N2O2/c1-10(13-7-2-3-8-15-13)16-12-6-4-5-11(9-12)14(17)18/h2-10,16H,1H3,(H,17,18). The lowest BCUT2D eigenvalue weighted by molar-refractivity contribution is 0.0697. The fourth-order valence-corrected chi connectivity index (χ4v) is 1.70. The molecule has 1 unspecified atom stereocenters. The Labute approximate surface area is 105 Å². The summed E-state index contributed by atoms with van der Waals surface area (Å²) in [6.07, 6.45) is 1.74. The van der Waals surface area contributed by atoms with Crippen molar-refractivity contribution in [3.63, 3.8) is 0 Å². The van der Waals surface area contributed by atoms with Crippen LogP contribution < -0.4 is 5.32 Å². The number of anilines is 1. The molecule has 1 aromatic heterocycles. The summed E-state index contributed by atoms with van der Waals surface area (Å²) in [6, 6.07) is 12.5. The van der Waals surface area contributed by atoms with Crippen LogP contribution in [0, 0.1) is 0 Å². The van der Waals surface area contributed by atoms with Gasteiger partial charge in [-0.25, -0.2) is 4.79 Å². The van der Waals surface area contributed by atoms with Gasteiger partial charge in [-0.3, -0.25) is 4.98 Å². The normalized spacial score (nSPS) is 11.8. The fourth-order valence-electron chi connectivity index (χ4n) is 1.70. The van der Waals surface area contributed by atoms with Gasteiger partial charge in [0, 0.05) is 11.9 Å². The largest absolute Gasteiger partial charge is 0.478 e. The van der Waals surface area contributed by atoms with E-state index in [0.29, 0.717) is 0 Å². The highest BCUT2D eigenvalue weighted by Gasteiger charge is 2.08. The molecule has 92 valence electrons. The van der Waals surface area contributed by atoms with E-state index in [2.05, 4.69) is 10.3 Å². The fraction of sp³-hybridized carbons (Fsp3) is 0.143. The molecule has 0 aliphatic carbocycles. The van der Waals surface area contributed by atoms with Gasteiger partial charge in [0.05, 0.1) is 17.3 Å². The topological polar surface area (TPSA) is 62.2 Å². The van der Waals surface area contributed by atoms with Crippen LogP contribution in [0.4, 0.5) is 5.69 Å². The second kappa shape index (κ2) is 5.31. The third-order valence-corrected chi connectivity index (χ3v) is 2.62. The number of benzene rings is 1. The number of carboxylic acid groups (broad SMARTS) is 1. The Balaban J connectivity index is 2.14. The lowest BCUT2D eigenvalue weighted by Crippen LogP contribution is -2.08. The Kier molecular flexibility index (Phi) is 3.57. The van der Waals surface area contributed by atoms with Crippen molar-refractivity contribution in [1.82, 2.24) is 4.98 Å². The molecule has 4 nitrogen and oxygen atoms in total. The van der Waals surface area contributed by atoms with E-state index in [9.17, 15) is 4.79 Å². The first kappa shape index (κ1) is 12.1. The molecule has 0 fully saturated rings. The molecule has 2 N–H and O–H groups in total. The summed E-state index contributed by atoms with van der Waals surface area (Å²) in [5, 5.41) is 12.1.